The second-order valence-electron chi connectivity index (χ2n) is 5.67. The molecule has 0 bridgehead atoms. The zero-order valence-electron chi connectivity index (χ0n) is 14.1. The Morgan fingerprint density at radius 1 is 1.20 bits per heavy atom. The molecule has 0 spiro atoms. The molecule has 1 amide bonds. The SMILES string of the molecule is CNC1CCCN(C(=O)c2cc(Oc3ccccc3)ccn2)C1.Cl.Cl. The van der Waals surface area contributed by atoms with Crippen molar-refractivity contribution in [3.05, 3.63) is 54.4 Å². The van der Waals surface area contributed by atoms with Crippen LogP contribution in [0.25, 0.3) is 0 Å². The van der Waals surface area contributed by atoms with Crippen LogP contribution in [0.3, 0.4) is 0 Å². The highest BCUT2D eigenvalue weighted by Gasteiger charge is 2.24. The lowest BCUT2D eigenvalue weighted by molar-refractivity contribution is 0.0692. The maximum Gasteiger partial charge on any atom is 0.272 e. The van der Waals surface area contributed by atoms with Gasteiger partial charge in [0.1, 0.15) is 17.2 Å². The van der Waals surface area contributed by atoms with Crippen LogP contribution in [0, 0.1) is 0 Å². The van der Waals surface area contributed by atoms with E-state index in [1.807, 2.05) is 42.3 Å². The Kier molecular flexibility index (Phi) is 8.69. The Labute approximate surface area is 160 Å². The molecular formula is C18H23Cl2N3O2. The van der Waals surface area contributed by atoms with Crippen LogP contribution in [0.15, 0.2) is 48.7 Å². The lowest BCUT2D eigenvalue weighted by Gasteiger charge is -2.32. The number of hydrogen-bond acceptors (Lipinski definition) is 4. The van der Waals surface area contributed by atoms with Gasteiger partial charge in [0.05, 0.1) is 0 Å². The minimum Gasteiger partial charge on any atom is -0.457 e. The van der Waals surface area contributed by atoms with Crippen LogP contribution in [0.4, 0.5) is 0 Å². The Hall–Kier alpha value is -1.82. The molecule has 0 saturated carbocycles. The second kappa shape index (κ2) is 10.2. The maximum atomic E-state index is 12.6. The number of nitrogens with zero attached hydrogens (tertiary/aromatic N) is 2. The minimum absolute atomic E-state index is 0. The summed E-state index contributed by atoms with van der Waals surface area (Å²) in [5.74, 6) is 1.32. The molecular weight excluding hydrogens is 361 g/mol. The third-order valence-corrected chi connectivity index (χ3v) is 4.05. The molecule has 1 aromatic carbocycles. The number of carbonyl (C=O) groups excluding carboxylic acids is 1. The fourth-order valence-electron chi connectivity index (χ4n) is 2.78. The fourth-order valence-corrected chi connectivity index (χ4v) is 2.78. The largest absolute Gasteiger partial charge is 0.457 e. The van der Waals surface area contributed by atoms with Gasteiger partial charge in [0.2, 0.25) is 0 Å². The Balaban J connectivity index is 0.00000156. The number of nitrogens with one attached hydrogen (secondary N) is 1. The van der Waals surface area contributed by atoms with E-state index < -0.39 is 0 Å². The van der Waals surface area contributed by atoms with Gasteiger partial charge >= 0.3 is 0 Å². The molecule has 2 aromatic rings. The highest BCUT2D eigenvalue weighted by molar-refractivity contribution is 5.92. The number of likely N-dealkylation sites (N-methyl/N-ethyl adjacent to an activating group) is 1. The molecule has 25 heavy (non-hydrogen) atoms. The quantitative estimate of drug-likeness (QED) is 0.876. The van der Waals surface area contributed by atoms with E-state index in [0.717, 1.165) is 31.7 Å². The van der Waals surface area contributed by atoms with E-state index in [4.69, 9.17) is 4.74 Å². The number of carbonyl (C=O) groups is 1. The summed E-state index contributed by atoms with van der Waals surface area (Å²) >= 11 is 0. The predicted octanol–water partition coefficient (Wildman–Crippen LogP) is 3.54. The Morgan fingerprint density at radius 2 is 1.96 bits per heavy atom. The number of hydrogen-bond donors (Lipinski definition) is 1. The Morgan fingerprint density at radius 3 is 2.68 bits per heavy atom. The normalized spacial score (nSPS) is 16.4. The summed E-state index contributed by atoms with van der Waals surface area (Å²) in [4.78, 5) is 18.7. The molecule has 3 rings (SSSR count). The van der Waals surface area contributed by atoms with Crippen molar-refractivity contribution in [2.45, 2.75) is 18.9 Å². The van der Waals surface area contributed by atoms with Crippen molar-refractivity contribution in [3.63, 3.8) is 0 Å². The summed E-state index contributed by atoms with van der Waals surface area (Å²) in [6.07, 6.45) is 3.73. The highest BCUT2D eigenvalue weighted by Crippen LogP contribution is 2.22. The van der Waals surface area contributed by atoms with Crippen molar-refractivity contribution in [2.75, 3.05) is 20.1 Å². The molecule has 1 aliphatic rings. The summed E-state index contributed by atoms with van der Waals surface area (Å²) in [5, 5.41) is 3.25. The van der Waals surface area contributed by atoms with Crippen LogP contribution >= 0.6 is 24.8 Å². The molecule has 1 atom stereocenters. The van der Waals surface area contributed by atoms with Crippen molar-refractivity contribution >= 4 is 30.7 Å². The number of para-hydroxylation sites is 1. The summed E-state index contributed by atoms with van der Waals surface area (Å²) in [6.45, 7) is 1.50. The van der Waals surface area contributed by atoms with E-state index in [1.54, 1.807) is 18.3 Å². The van der Waals surface area contributed by atoms with E-state index >= 15 is 0 Å². The van der Waals surface area contributed by atoms with Crippen LogP contribution in [-0.4, -0.2) is 42.0 Å². The number of benzene rings is 1. The van der Waals surface area contributed by atoms with E-state index in [2.05, 4.69) is 10.3 Å². The molecule has 7 heteroatoms. The zero-order chi connectivity index (χ0) is 16.1. The second-order valence-corrected chi connectivity index (χ2v) is 5.67. The molecule has 1 N–H and O–H groups in total. The number of ether oxygens (including phenoxy) is 1. The van der Waals surface area contributed by atoms with Crippen LogP contribution in [0.5, 0.6) is 11.5 Å². The zero-order valence-corrected chi connectivity index (χ0v) is 15.7. The molecule has 2 heterocycles. The number of aromatic nitrogens is 1. The first-order valence-electron chi connectivity index (χ1n) is 7.92. The molecule has 1 saturated heterocycles. The van der Waals surface area contributed by atoms with Gasteiger partial charge in [-0.1, -0.05) is 18.2 Å². The number of halogens is 2. The fraction of sp³-hybridized carbons (Fsp3) is 0.333. The van der Waals surface area contributed by atoms with Crippen molar-refractivity contribution in [1.82, 2.24) is 15.2 Å². The molecule has 1 aliphatic heterocycles. The molecule has 0 aliphatic carbocycles. The standard InChI is InChI=1S/C18H21N3O2.2ClH/c1-19-14-6-5-11-21(13-14)18(22)17-12-16(9-10-20-17)23-15-7-3-2-4-8-15;;/h2-4,7-10,12,14,19H,5-6,11,13H2,1H3;2*1H. The summed E-state index contributed by atoms with van der Waals surface area (Å²) < 4.78 is 5.78. The number of amides is 1. The highest BCUT2D eigenvalue weighted by atomic mass is 35.5. The van der Waals surface area contributed by atoms with Crippen molar-refractivity contribution in [3.8, 4) is 11.5 Å². The lowest BCUT2D eigenvalue weighted by atomic mass is 10.1. The van der Waals surface area contributed by atoms with Gasteiger partial charge < -0.3 is 15.0 Å². The van der Waals surface area contributed by atoms with Gasteiger partial charge in [-0.2, -0.15) is 0 Å². The number of pyridine rings is 1. The lowest BCUT2D eigenvalue weighted by Crippen LogP contribution is -2.47. The summed E-state index contributed by atoms with van der Waals surface area (Å²) in [6, 6.07) is 13.3. The average Bonchev–Trinajstić information content (AvgIpc) is 2.62. The topological polar surface area (TPSA) is 54.5 Å². The Bertz CT molecular complexity index is 670. The molecule has 1 aromatic heterocycles. The smallest absolute Gasteiger partial charge is 0.272 e. The molecule has 0 radical (unpaired) electrons. The average molecular weight is 384 g/mol. The number of likely N-dealkylation sites (tertiary alicyclic amines) is 1. The molecule has 1 fully saturated rings. The first kappa shape index (κ1) is 21.2. The van der Waals surface area contributed by atoms with Gasteiger partial charge in [-0.15, -0.1) is 24.8 Å². The third kappa shape index (κ3) is 5.59. The van der Waals surface area contributed by atoms with E-state index in [1.165, 1.54) is 0 Å². The van der Waals surface area contributed by atoms with Crippen molar-refractivity contribution in [1.29, 1.82) is 0 Å². The van der Waals surface area contributed by atoms with Gasteiger partial charge in [0.15, 0.2) is 0 Å². The molecule has 1 unspecified atom stereocenters. The first-order chi connectivity index (χ1) is 11.3. The van der Waals surface area contributed by atoms with E-state index in [9.17, 15) is 4.79 Å². The van der Waals surface area contributed by atoms with E-state index in [0.29, 0.717) is 17.5 Å². The van der Waals surface area contributed by atoms with Gasteiger partial charge in [0, 0.05) is 31.4 Å². The van der Waals surface area contributed by atoms with Crippen LogP contribution in [0.1, 0.15) is 23.3 Å². The monoisotopic (exact) mass is 383 g/mol. The van der Waals surface area contributed by atoms with Crippen LogP contribution in [0.2, 0.25) is 0 Å². The summed E-state index contributed by atoms with van der Waals surface area (Å²) in [7, 11) is 1.94. The molecule has 136 valence electrons. The van der Waals surface area contributed by atoms with Gasteiger partial charge in [-0.3, -0.25) is 9.78 Å². The van der Waals surface area contributed by atoms with Crippen molar-refractivity contribution in [2.24, 2.45) is 0 Å². The van der Waals surface area contributed by atoms with Gasteiger partial charge in [-0.25, -0.2) is 0 Å². The van der Waals surface area contributed by atoms with Crippen LogP contribution < -0.4 is 10.1 Å². The van der Waals surface area contributed by atoms with Crippen LogP contribution in [-0.2, 0) is 0 Å². The van der Waals surface area contributed by atoms with Gasteiger partial charge in [-0.05, 0) is 38.1 Å². The number of rotatable bonds is 4. The first-order valence-corrected chi connectivity index (χ1v) is 7.92. The van der Waals surface area contributed by atoms with E-state index in [-0.39, 0.29) is 30.7 Å². The third-order valence-electron chi connectivity index (χ3n) is 4.05. The maximum absolute atomic E-state index is 12.6. The molecule has 5 nitrogen and oxygen atoms in total. The predicted molar refractivity (Wildman–Crippen MR) is 103 cm³/mol. The summed E-state index contributed by atoms with van der Waals surface area (Å²) in [5.41, 5.74) is 0.426. The minimum atomic E-state index is -0.0385. The van der Waals surface area contributed by atoms with Crippen molar-refractivity contribution < 1.29 is 9.53 Å². The number of piperidine rings is 1. The van der Waals surface area contributed by atoms with Gasteiger partial charge in [0.25, 0.3) is 5.91 Å².